The minimum Gasteiger partial charge on any atom is -0.459 e. The highest BCUT2D eigenvalue weighted by atomic mass is 16.3. The summed E-state index contributed by atoms with van der Waals surface area (Å²) in [6.07, 6.45) is 2.27. The summed E-state index contributed by atoms with van der Waals surface area (Å²) >= 11 is 0. The number of furan rings is 1. The van der Waals surface area contributed by atoms with Gasteiger partial charge >= 0.3 is 6.03 Å². The Labute approximate surface area is 140 Å². The van der Waals surface area contributed by atoms with Crippen LogP contribution in [0.5, 0.6) is 0 Å². The molecule has 1 aromatic carbocycles. The van der Waals surface area contributed by atoms with Crippen LogP contribution in [0.2, 0.25) is 0 Å². The summed E-state index contributed by atoms with van der Waals surface area (Å²) in [7, 11) is 0. The monoisotopic (exact) mass is 327 g/mol. The third-order valence-corrected chi connectivity index (χ3v) is 3.70. The van der Waals surface area contributed by atoms with Gasteiger partial charge in [-0.1, -0.05) is 6.07 Å². The van der Waals surface area contributed by atoms with E-state index in [4.69, 9.17) is 4.42 Å². The minimum absolute atomic E-state index is 0.171. The number of amides is 3. The van der Waals surface area contributed by atoms with Crippen molar-refractivity contribution < 1.29 is 14.0 Å². The summed E-state index contributed by atoms with van der Waals surface area (Å²) in [6, 6.07) is 8.69. The maximum atomic E-state index is 12.5. The number of nitrogens with one attached hydrogen (secondary N) is 2. The minimum atomic E-state index is -0.317. The number of rotatable bonds is 2. The number of hydrogen-bond acceptors (Lipinski definition) is 3. The van der Waals surface area contributed by atoms with Crippen molar-refractivity contribution in [3.8, 4) is 0 Å². The zero-order valence-electron chi connectivity index (χ0n) is 14.1. The first-order valence-corrected chi connectivity index (χ1v) is 7.91. The van der Waals surface area contributed by atoms with Gasteiger partial charge in [0.05, 0.1) is 6.26 Å². The molecule has 6 heteroatoms. The molecular formula is C18H21N3O3. The number of nitrogens with zero attached hydrogens (tertiary/aromatic N) is 1. The van der Waals surface area contributed by atoms with E-state index in [2.05, 4.69) is 10.6 Å². The van der Waals surface area contributed by atoms with Gasteiger partial charge in [0.1, 0.15) is 0 Å². The summed E-state index contributed by atoms with van der Waals surface area (Å²) in [6.45, 7) is 6.35. The molecule has 1 aliphatic heterocycles. The van der Waals surface area contributed by atoms with Gasteiger partial charge in [-0.05, 0) is 57.0 Å². The Balaban J connectivity index is 1.79. The third-order valence-electron chi connectivity index (χ3n) is 3.70. The van der Waals surface area contributed by atoms with E-state index in [0.29, 0.717) is 18.0 Å². The molecule has 0 atom stereocenters. The molecule has 0 saturated carbocycles. The number of urea groups is 1. The topological polar surface area (TPSA) is 74.6 Å². The molecule has 6 nitrogen and oxygen atoms in total. The number of benzene rings is 1. The molecule has 0 saturated heterocycles. The van der Waals surface area contributed by atoms with Crippen LogP contribution >= 0.6 is 0 Å². The van der Waals surface area contributed by atoms with Crippen molar-refractivity contribution in [2.45, 2.75) is 32.7 Å². The van der Waals surface area contributed by atoms with Crippen LogP contribution in [0.15, 0.2) is 41.0 Å². The molecule has 24 heavy (non-hydrogen) atoms. The summed E-state index contributed by atoms with van der Waals surface area (Å²) in [5.74, 6) is 0.140. The summed E-state index contributed by atoms with van der Waals surface area (Å²) in [5.41, 5.74) is 2.22. The Kier molecular flexibility index (Phi) is 4.05. The average Bonchev–Trinajstić information content (AvgIpc) is 3.14. The second-order valence-corrected chi connectivity index (χ2v) is 6.86. The summed E-state index contributed by atoms with van der Waals surface area (Å²) < 4.78 is 5.20. The molecule has 2 N–H and O–H groups in total. The SMILES string of the molecule is CC(C)(C)NC(=O)Nc1ccc2c(c1)N(C(=O)c1ccco1)CC2. The van der Waals surface area contributed by atoms with Gasteiger partial charge in [0.15, 0.2) is 5.76 Å². The van der Waals surface area contributed by atoms with Crippen LogP contribution in [0.1, 0.15) is 36.9 Å². The Morgan fingerprint density at radius 1 is 1.21 bits per heavy atom. The van der Waals surface area contributed by atoms with Gasteiger partial charge in [0, 0.05) is 23.5 Å². The maximum Gasteiger partial charge on any atom is 0.319 e. The van der Waals surface area contributed by atoms with Crippen LogP contribution in [-0.4, -0.2) is 24.0 Å². The molecule has 0 fully saturated rings. The molecule has 0 radical (unpaired) electrons. The van der Waals surface area contributed by atoms with E-state index >= 15 is 0 Å². The largest absolute Gasteiger partial charge is 0.459 e. The fourth-order valence-electron chi connectivity index (χ4n) is 2.70. The number of fused-ring (bicyclic) bond motifs is 1. The van der Waals surface area contributed by atoms with Gasteiger partial charge < -0.3 is 20.0 Å². The van der Waals surface area contributed by atoms with Crippen molar-refractivity contribution in [2.75, 3.05) is 16.8 Å². The quantitative estimate of drug-likeness (QED) is 0.887. The molecule has 0 bridgehead atoms. The van der Waals surface area contributed by atoms with E-state index in [9.17, 15) is 9.59 Å². The molecule has 0 unspecified atom stereocenters. The molecule has 126 valence electrons. The standard InChI is InChI=1S/C18H21N3O3/c1-18(2,3)20-17(23)19-13-7-6-12-8-9-21(14(12)11-13)16(22)15-5-4-10-24-15/h4-7,10-11H,8-9H2,1-3H3,(H2,19,20,23). The zero-order chi connectivity index (χ0) is 17.3. The summed E-state index contributed by atoms with van der Waals surface area (Å²) in [4.78, 5) is 26.2. The lowest BCUT2D eigenvalue weighted by molar-refractivity contribution is 0.0963. The number of anilines is 2. The molecule has 2 heterocycles. The highest BCUT2D eigenvalue weighted by molar-refractivity contribution is 6.06. The molecule has 0 aliphatic carbocycles. The lowest BCUT2D eigenvalue weighted by Gasteiger charge is -2.21. The van der Waals surface area contributed by atoms with E-state index in [1.807, 2.05) is 39.0 Å². The van der Waals surface area contributed by atoms with Crippen molar-refractivity contribution in [3.05, 3.63) is 47.9 Å². The van der Waals surface area contributed by atoms with Crippen LogP contribution in [0.4, 0.5) is 16.2 Å². The van der Waals surface area contributed by atoms with Crippen molar-refractivity contribution in [2.24, 2.45) is 0 Å². The second kappa shape index (κ2) is 6.03. The maximum absolute atomic E-state index is 12.5. The highest BCUT2D eigenvalue weighted by Gasteiger charge is 2.27. The van der Waals surface area contributed by atoms with E-state index < -0.39 is 0 Å². The Hall–Kier alpha value is -2.76. The molecule has 1 aliphatic rings. The molecule has 3 rings (SSSR count). The third kappa shape index (κ3) is 3.42. The van der Waals surface area contributed by atoms with Crippen LogP contribution < -0.4 is 15.5 Å². The fourth-order valence-corrected chi connectivity index (χ4v) is 2.70. The number of carbonyl (C=O) groups is 2. The molecule has 2 aromatic rings. The molecule has 0 spiro atoms. The number of carbonyl (C=O) groups excluding carboxylic acids is 2. The van der Waals surface area contributed by atoms with Crippen molar-refractivity contribution >= 4 is 23.3 Å². The smallest absolute Gasteiger partial charge is 0.319 e. The molecular weight excluding hydrogens is 306 g/mol. The predicted octanol–water partition coefficient (Wildman–Crippen LogP) is 3.40. The first-order chi connectivity index (χ1) is 11.3. The van der Waals surface area contributed by atoms with Crippen molar-refractivity contribution in [3.63, 3.8) is 0 Å². The Bertz CT molecular complexity index is 760. The Morgan fingerprint density at radius 2 is 2.00 bits per heavy atom. The van der Waals surface area contributed by atoms with Gasteiger partial charge in [-0.15, -0.1) is 0 Å². The lowest BCUT2D eigenvalue weighted by atomic mass is 10.1. The van der Waals surface area contributed by atoms with Crippen LogP contribution in [0, 0.1) is 0 Å². The lowest BCUT2D eigenvalue weighted by Crippen LogP contribution is -2.43. The molecule has 1 aromatic heterocycles. The van der Waals surface area contributed by atoms with Gasteiger partial charge in [0.2, 0.25) is 0 Å². The van der Waals surface area contributed by atoms with E-state index in [1.54, 1.807) is 17.0 Å². The van der Waals surface area contributed by atoms with Crippen LogP contribution in [0.3, 0.4) is 0 Å². The zero-order valence-corrected chi connectivity index (χ0v) is 14.1. The van der Waals surface area contributed by atoms with Gasteiger partial charge in [-0.2, -0.15) is 0 Å². The first kappa shape index (κ1) is 16.1. The van der Waals surface area contributed by atoms with Crippen LogP contribution in [0.25, 0.3) is 0 Å². The highest BCUT2D eigenvalue weighted by Crippen LogP contribution is 2.32. The van der Waals surface area contributed by atoms with Crippen LogP contribution in [-0.2, 0) is 6.42 Å². The predicted molar refractivity (Wildman–Crippen MR) is 92.4 cm³/mol. The molecule has 3 amide bonds. The van der Waals surface area contributed by atoms with Crippen molar-refractivity contribution in [1.29, 1.82) is 0 Å². The first-order valence-electron chi connectivity index (χ1n) is 7.91. The second-order valence-electron chi connectivity index (χ2n) is 6.86. The van der Waals surface area contributed by atoms with Gasteiger partial charge in [-0.3, -0.25) is 4.79 Å². The van der Waals surface area contributed by atoms with E-state index in [-0.39, 0.29) is 17.5 Å². The van der Waals surface area contributed by atoms with Crippen molar-refractivity contribution in [1.82, 2.24) is 5.32 Å². The number of hydrogen-bond donors (Lipinski definition) is 2. The average molecular weight is 327 g/mol. The normalized spacial score (nSPS) is 13.5. The van der Waals surface area contributed by atoms with Gasteiger partial charge in [-0.25, -0.2) is 4.79 Å². The van der Waals surface area contributed by atoms with E-state index in [1.165, 1.54) is 6.26 Å². The fraction of sp³-hybridized carbons (Fsp3) is 0.333. The van der Waals surface area contributed by atoms with E-state index in [0.717, 1.165) is 17.7 Å². The summed E-state index contributed by atoms with van der Waals surface area (Å²) in [5, 5.41) is 5.66. The Morgan fingerprint density at radius 3 is 2.67 bits per heavy atom. The van der Waals surface area contributed by atoms with Gasteiger partial charge in [0.25, 0.3) is 5.91 Å².